The predicted octanol–water partition coefficient (Wildman–Crippen LogP) is 4.97. The molecular weight excluding hydrogens is 367 g/mol. The average molecular weight is 381 g/mol. The summed E-state index contributed by atoms with van der Waals surface area (Å²) in [5.74, 6) is 0. The first-order chi connectivity index (χ1) is 13.5. The Morgan fingerprint density at radius 2 is 2.00 bits per heavy atom. The molecule has 2 aliphatic rings. The van der Waals surface area contributed by atoms with Gasteiger partial charge >= 0.3 is 6.18 Å². The number of hydrogen-bond acceptors (Lipinski definition) is 3. The molecule has 0 bridgehead atoms. The van der Waals surface area contributed by atoms with E-state index < -0.39 is 11.9 Å². The van der Waals surface area contributed by atoms with Gasteiger partial charge in [0.25, 0.3) is 0 Å². The molecule has 7 heteroatoms. The van der Waals surface area contributed by atoms with Crippen LogP contribution in [0.4, 0.5) is 18.9 Å². The zero-order valence-electron chi connectivity index (χ0n) is 14.5. The first-order valence-electron chi connectivity index (χ1n) is 8.75. The van der Waals surface area contributed by atoms with E-state index in [-0.39, 0.29) is 12.3 Å². The van der Waals surface area contributed by atoms with Gasteiger partial charge in [0, 0.05) is 22.9 Å². The Hall–Kier alpha value is -3.19. The van der Waals surface area contributed by atoms with Gasteiger partial charge in [0.15, 0.2) is 0 Å². The molecule has 140 valence electrons. The van der Waals surface area contributed by atoms with Crippen molar-refractivity contribution in [3.63, 3.8) is 0 Å². The molecule has 0 saturated heterocycles. The maximum absolute atomic E-state index is 13.2. The van der Waals surface area contributed by atoms with Crippen molar-refractivity contribution in [2.45, 2.75) is 19.2 Å². The van der Waals surface area contributed by atoms with Gasteiger partial charge in [0.2, 0.25) is 0 Å². The highest BCUT2D eigenvalue weighted by molar-refractivity contribution is 6.31. The summed E-state index contributed by atoms with van der Waals surface area (Å²) in [5.41, 5.74) is 3.80. The fourth-order valence-electron chi connectivity index (χ4n) is 3.79. The molecule has 1 N–H and O–H groups in total. The van der Waals surface area contributed by atoms with Crippen molar-refractivity contribution in [3.8, 4) is 5.69 Å². The summed E-state index contributed by atoms with van der Waals surface area (Å²) in [6, 6.07) is 9.51. The van der Waals surface area contributed by atoms with Crippen LogP contribution in [0.3, 0.4) is 0 Å². The minimum atomic E-state index is -4.55. The topological polar surface area (TPSA) is 50.4 Å². The quantitative estimate of drug-likeness (QED) is 0.682. The largest absolute Gasteiger partial charge is 0.433 e. The average Bonchev–Trinajstić information content (AvgIpc) is 3.24. The molecule has 3 heterocycles. The number of aliphatic imine (C=N–C) groups is 1. The highest BCUT2D eigenvalue weighted by atomic mass is 19.4. The molecule has 1 aliphatic heterocycles. The fraction of sp³-hybridized carbons (Fsp3) is 0.143. The monoisotopic (exact) mass is 381 g/mol. The number of aliphatic hydroxyl groups is 1. The molecule has 0 fully saturated rings. The Bertz CT molecular complexity index is 1220. The molecule has 2 aromatic heterocycles. The van der Waals surface area contributed by atoms with Gasteiger partial charge in [-0.3, -0.25) is 9.56 Å². The van der Waals surface area contributed by atoms with E-state index in [0.717, 1.165) is 28.6 Å². The molecule has 28 heavy (non-hydrogen) atoms. The molecule has 1 aromatic carbocycles. The van der Waals surface area contributed by atoms with Crippen LogP contribution >= 0.6 is 0 Å². The van der Waals surface area contributed by atoms with Crippen LogP contribution in [0, 0.1) is 0 Å². The lowest BCUT2D eigenvalue weighted by molar-refractivity contribution is -0.141. The molecule has 0 radical (unpaired) electrons. The van der Waals surface area contributed by atoms with E-state index in [1.54, 1.807) is 10.6 Å². The standard InChI is InChI=1S/C21H14F3N3O/c22-21(23,24)18-9-8-12-10-13(11-28)27(20(12)26-18)17-7-3-6-16-19(17)14-4-1-2-5-15(14)25-16/h1-4,6-10,28H,5,11H2. The van der Waals surface area contributed by atoms with E-state index >= 15 is 0 Å². The third kappa shape index (κ3) is 2.43. The van der Waals surface area contributed by atoms with E-state index in [0.29, 0.717) is 23.2 Å². The first-order valence-corrected chi connectivity index (χ1v) is 8.75. The molecular formula is C21H14F3N3O. The minimum absolute atomic E-state index is 0.160. The van der Waals surface area contributed by atoms with Crippen LogP contribution in [-0.4, -0.2) is 20.4 Å². The second kappa shape index (κ2) is 5.90. The summed E-state index contributed by atoms with van der Waals surface area (Å²) >= 11 is 0. The van der Waals surface area contributed by atoms with Crippen LogP contribution in [0.5, 0.6) is 0 Å². The number of benzene rings is 1. The summed E-state index contributed by atoms with van der Waals surface area (Å²) in [5, 5.41) is 10.4. The fourth-order valence-corrected chi connectivity index (χ4v) is 3.79. The van der Waals surface area contributed by atoms with E-state index in [1.165, 1.54) is 6.07 Å². The van der Waals surface area contributed by atoms with E-state index in [4.69, 9.17) is 0 Å². The number of allylic oxidation sites excluding steroid dienone is 4. The van der Waals surface area contributed by atoms with Crippen molar-refractivity contribution in [3.05, 3.63) is 71.6 Å². The van der Waals surface area contributed by atoms with Gasteiger partial charge in [-0.25, -0.2) is 4.98 Å². The van der Waals surface area contributed by atoms with Gasteiger partial charge in [0.1, 0.15) is 11.3 Å². The highest BCUT2D eigenvalue weighted by Gasteiger charge is 2.33. The van der Waals surface area contributed by atoms with Crippen LogP contribution in [-0.2, 0) is 12.8 Å². The zero-order chi connectivity index (χ0) is 19.5. The number of alkyl halides is 3. The minimum Gasteiger partial charge on any atom is -0.390 e. The van der Waals surface area contributed by atoms with Gasteiger partial charge in [0.05, 0.1) is 29.4 Å². The lowest BCUT2D eigenvalue weighted by Crippen LogP contribution is -2.10. The summed E-state index contributed by atoms with van der Waals surface area (Å²) in [7, 11) is 0. The molecule has 0 saturated carbocycles. The Morgan fingerprint density at radius 1 is 1.14 bits per heavy atom. The van der Waals surface area contributed by atoms with Crippen LogP contribution in [0.2, 0.25) is 0 Å². The lowest BCUT2D eigenvalue weighted by Gasteiger charge is -2.16. The predicted molar refractivity (Wildman–Crippen MR) is 101 cm³/mol. The second-order valence-corrected chi connectivity index (χ2v) is 6.68. The second-order valence-electron chi connectivity index (χ2n) is 6.68. The van der Waals surface area contributed by atoms with Gasteiger partial charge in [-0.15, -0.1) is 0 Å². The number of pyridine rings is 1. The normalized spacial score (nSPS) is 15.4. The Morgan fingerprint density at radius 3 is 2.79 bits per heavy atom. The number of aromatic nitrogens is 2. The van der Waals surface area contributed by atoms with E-state index in [9.17, 15) is 18.3 Å². The number of halogens is 3. The van der Waals surface area contributed by atoms with Crippen molar-refractivity contribution in [1.29, 1.82) is 0 Å². The summed E-state index contributed by atoms with van der Waals surface area (Å²) in [4.78, 5) is 8.53. The van der Waals surface area contributed by atoms with Crippen LogP contribution in [0.25, 0.3) is 22.3 Å². The Kier molecular flexibility index (Phi) is 3.57. The van der Waals surface area contributed by atoms with Gasteiger partial charge in [-0.05, 0) is 30.3 Å². The molecule has 5 rings (SSSR count). The van der Waals surface area contributed by atoms with Crippen molar-refractivity contribution >= 4 is 28.0 Å². The number of aliphatic hydroxyl groups excluding tert-OH is 1. The number of rotatable bonds is 2. The number of fused-ring (bicyclic) bond motifs is 4. The van der Waals surface area contributed by atoms with Crippen molar-refractivity contribution in [2.75, 3.05) is 0 Å². The molecule has 0 atom stereocenters. The highest BCUT2D eigenvalue weighted by Crippen LogP contribution is 2.42. The molecule has 0 unspecified atom stereocenters. The smallest absolute Gasteiger partial charge is 0.390 e. The van der Waals surface area contributed by atoms with E-state index in [2.05, 4.69) is 9.98 Å². The summed E-state index contributed by atoms with van der Waals surface area (Å²) in [6.45, 7) is -0.325. The SMILES string of the molecule is OCc1cc2ccc(C(F)(F)F)nc2n1-c1cccc2c1C1=CC=CCC1=N2. The molecule has 4 nitrogen and oxygen atoms in total. The van der Waals surface area contributed by atoms with Crippen molar-refractivity contribution in [2.24, 2.45) is 4.99 Å². The van der Waals surface area contributed by atoms with Gasteiger partial charge < -0.3 is 5.11 Å². The van der Waals surface area contributed by atoms with E-state index in [1.807, 2.05) is 36.4 Å². The Labute approximate surface area is 158 Å². The van der Waals surface area contributed by atoms with Crippen LogP contribution in [0.15, 0.2) is 59.6 Å². The first kappa shape index (κ1) is 16.9. The van der Waals surface area contributed by atoms with Crippen LogP contribution < -0.4 is 0 Å². The zero-order valence-corrected chi connectivity index (χ0v) is 14.5. The van der Waals surface area contributed by atoms with Crippen LogP contribution in [0.1, 0.15) is 23.4 Å². The third-order valence-corrected chi connectivity index (χ3v) is 4.99. The molecule has 0 spiro atoms. The lowest BCUT2D eigenvalue weighted by atomic mass is 9.96. The van der Waals surface area contributed by atoms with Crippen molar-refractivity contribution in [1.82, 2.24) is 9.55 Å². The molecule has 1 aliphatic carbocycles. The maximum atomic E-state index is 13.2. The Balaban J connectivity index is 1.81. The number of hydrogen-bond donors (Lipinski definition) is 1. The summed E-state index contributed by atoms with van der Waals surface area (Å²) in [6.07, 6.45) is 2.07. The maximum Gasteiger partial charge on any atom is 0.433 e. The summed E-state index contributed by atoms with van der Waals surface area (Å²) < 4.78 is 41.3. The number of nitrogens with zero attached hydrogens (tertiary/aromatic N) is 3. The van der Waals surface area contributed by atoms with Gasteiger partial charge in [-0.2, -0.15) is 13.2 Å². The molecule has 3 aromatic rings. The third-order valence-electron chi connectivity index (χ3n) is 4.99. The van der Waals surface area contributed by atoms with Gasteiger partial charge in [-0.1, -0.05) is 24.3 Å². The van der Waals surface area contributed by atoms with Crippen molar-refractivity contribution < 1.29 is 18.3 Å². The molecule has 0 amide bonds.